The highest BCUT2D eigenvalue weighted by molar-refractivity contribution is 8.00. The molecule has 2 saturated heterocycles. The standard InChI is InChI=1S/C30H32ClF2N3O2S/c1-34-11-13-35(14-12-34)18-21-3-5-22(6-4-21)29(23-7-9-26(31)10-8-23)36-19-25(20-36)30(39(2,37)38)24-15-27(32)17-28(33)16-24/h3-10,15-17,29H,11-14,18-20H2,1-2H3/t29-/m1/s1. The van der Waals surface area contributed by atoms with Crippen molar-refractivity contribution in [2.75, 3.05) is 52.6 Å². The summed E-state index contributed by atoms with van der Waals surface area (Å²) in [6.45, 7) is 5.85. The van der Waals surface area contributed by atoms with Gasteiger partial charge in [0.25, 0.3) is 0 Å². The summed E-state index contributed by atoms with van der Waals surface area (Å²) >= 11 is 6.16. The number of rotatable bonds is 7. The number of halogens is 3. The van der Waals surface area contributed by atoms with E-state index in [-0.39, 0.29) is 16.5 Å². The van der Waals surface area contributed by atoms with Crippen LogP contribution in [0.5, 0.6) is 0 Å². The molecule has 0 saturated carbocycles. The van der Waals surface area contributed by atoms with Gasteiger partial charge >= 0.3 is 0 Å². The van der Waals surface area contributed by atoms with E-state index in [0.29, 0.717) is 23.7 Å². The molecule has 2 fully saturated rings. The smallest absolute Gasteiger partial charge is 0.176 e. The molecule has 39 heavy (non-hydrogen) atoms. The lowest BCUT2D eigenvalue weighted by Gasteiger charge is -2.42. The van der Waals surface area contributed by atoms with E-state index in [1.807, 2.05) is 24.3 Å². The molecule has 5 rings (SSSR count). The van der Waals surface area contributed by atoms with Crippen LogP contribution in [0.15, 0.2) is 72.3 Å². The van der Waals surface area contributed by atoms with E-state index in [1.165, 1.54) is 5.56 Å². The van der Waals surface area contributed by atoms with Crippen LogP contribution in [0.1, 0.15) is 28.3 Å². The van der Waals surface area contributed by atoms with Crippen molar-refractivity contribution in [1.82, 2.24) is 14.7 Å². The Bertz CT molecular complexity index is 1440. The number of sulfone groups is 1. The van der Waals surface area contributed by atoms with Crippen LogP contribution in [0.2, 0.25) is 5.02 Å². The van der Waals surface area contributed by atoms with Crippen LogP contribution in [-0.4, -0.2) is 75.7 Å². The molecule has 3 aromatic rings. The van der Waals surface area contributed by atoms with Crippen LogP contribution in [-0.2, 0) is 16.4 Å². The van der Waals surface area contributed by atoms with Crippen molar-refractivity contribution >= 4 is 26.3 Å². The predicted molar refractivity (Wildman–Crippen MR) is 152 cm³/mol. The normalized spacial score (nSPS) is 18.1. The van der Waals surface area contributed by atoms with Crippen LogP contribution in [0, 0.1) is 11.6 Å². The van der Waals surface area contributed by atoms with Gasteiger partial charge in [0.2, 0.25) is 0 Å². The third-order valence-electron chi connectivity index (χ3n) is 7.45. The quantitative estimate of drug-likeness (QED) is 0.389. The average molecular weight is 572 g/mol. The first-order chi connectivity index (χ1) is 18.6. The van der Waals surface area contributed by atoms with E-state index in [1.54, 1.807) is 0 Å². The summed E-state index contributed by atoms with van der Waals surface area (Å²) in [6, 6.07) is 19.0. The summed E-state index contributed by atoms with van der Waals surface area (Å²) in [5, 5.41) is 0.636. The highest BCUT2D eigenvalue weighted by atomic mass is 35.5. The summed E-state index contributed by atoms with van der Waals surface area (Å²) < 4.78 is 53.4. The lowest BCUT2D eigenvalue weighted by atomic mass is 9.91. The first kappa shape index (κ1) is 27.9. The number of likely N-dealkylation sites (tertiary alicyclic amines) is 1. The molecule has 0 bridgehead atoms. The van der Waals surface area contributed by atoms with E-state index in [9.17, 15) is 17.2 Å². The first-order valence-electron chi connectivity index (χ1n) is 12.9. The minimum Gasteiger partial charge on any atom is -0.304 e. The topological polar surface area (TPSA) is 43.9 Å². The van der Waals surface area contributed by atoms with Crippen molar-refractivity contribution in [2.24, 2.45) is 0 Å². The number of benzene rings is 3. The van der Waals surface area contributed by atoms with Gasteiger partial charge in [-0.05, 0) is 59.1 Å². The maximum absolute atomic E-state index is 14.0. The van der Waals surface area contributed by atoms with Gasteiger partial charge in [-0.25, -0.2) is 17.2 Å². The van der Waals surface area contributed by atoms with Gasteiger partial charge in [0.1, 0.15) is 11.6 Å². The molecule has 0 aliphatic carbocycles. The van der Waals surface area contributed by atoms with Crippen molar-refractivity contribution < 1.29 is 17.2 Å². The molecule has 0 amide bonds. The molecule has 206 valence electrons. The highest BCUT2D eigenvalue weighted by Gasteiger charge is 2.35. The summed E-state index contributed by atoms with van der Waals surface area (Å²) in [7, 11) is -1.58. The van der Waals surface area contributed by atoms with Crippen molar-refractivity contribution in [3.05, 3.63) is 111 Å². The monoisotopic (exact) mass is 571 g/mol. The number of piperazine rings is 1. The van der Waals surface area contributed by atoms with Crippen LogP contribution in [0.3, 0.4) is 0 Å². The number of hydrogen-bond acceptors (Lipinski definition) is 5. The van der Waals surface area contributed by atoms with Gasteiger partial charge in [0.15, 0.2) is 9.84 Å². The molecular formula is C30H32ClF2N3O2S. The lowest BCUT2D eigenvalue weighted by Crippen LogP contribution is -2.44. The van der Waals surface area contributed by atoms with Gasteiger partial charge < -0.3 is 4.90 Å². The van der Waals surface area contributed by atoms with E-state index >= 15 is 0 Å². The number of hydrogen-bond donors (Lipinski definition) is 0. The Balaban J connectivity index is 1.42. The van der Waals surface area contributed by atoms with Crippen LogP contribution in [0.25, 0.3) is 4.91 Å². The highest BCUT2D eigenvalue weighted by Crippen LogP contribution is 2.39. The Hall–Kier alpha value is -2.62. The summed E-state index contributed by atoms with van der Waals surface area (Å²) in [4.78, 5) is 6.95. The third kappa shape index (κ3) is 6.58. The minimum absolute atomic E-state index is 0.00506. The molecular weight excluding hydrogens is 540 g/mol. The van der Waals surface area contributed by atoms with Gasteiger partial charge in [-0.3, -0.25) is 9.80 Å². The van der Waals surface area contributed by atoms with E-state index in [0.717, 1.165) is 68.3 Å². The molecule has 0 N–H and O–H groups in total. The summed E-state index contributed by atoms with van der Waals surface area (Å²) in [5.41, 5.74) is 4.03. The predicted octanol–water partition coefficient (Wildman–Crippen LogP) is 5.23. The lowest BCUT2D eigenvalue weighted by molar-refractivity contribution is 0.148. The summed E-state index contributed by atoms with van der Waals surface area (Å²) in [5.74, 6) is -1.61. The minimum atomic E-state index is -3.72. The molecule has 0 aromatic heterocycles. The maximum atomic E-state index is 14.0. The van der Waals surface area contributed by atoms with Crippen molar-refractivity contribution in [3.8, 4) is 0 Å². The maximum Gasteiger partial charge on any atom is 0.176 e. The summed E-state index contributed by atoms with van der Waals surface area (Å²) in [6.07, 6.45) is 1.08. The molecule has 2 aliphatic heterocycles. The number of likely N-dealkylation sites (N-methyl/N-ethyl adjacent to an activating group) is 1. The second-order valence-electron chi connectivity index (χ2n) is 10.5. The second kappa shape index (κ2) is 11.5. The molecule has 9 heteroatoms. The molecule has 3 aromatic carbocycles. The van der Waals surface area contributed by atoms with Crippen molar-refractivity contribution in [2.45, 2.75) is 12.6 Å². The Morgan fingerprint density at radius 3 is 1.95 bits per heavy atom. The Kier molecular flexibility index (Phi) is 8.21. The molecule has 1 atom stereocenters. The van der Waals surface area contributed by atoms with Gasteiger partial charge in [0, 0.05) is 63.2 Å². The van der Waals surface area contributed by atoms with Gasteiger partial charge in [-0.1, -0.05) is 48.0 Å². The molecule has 5 nitrogen and oxygen atoms in total. The van der Waals surface area contributed by atoms with Gasteiger partial charge in [-0.15, -0.1) is 0 Å². The molecule has 0 radical (unpaired) electrons. The zero-order valence-electron chi connectivity index (χ0n) is 22.1. The van der Waals surface area contributed by atoms with Crippen LogP contribution < -0.4 is 0 Å². The largest absolute Gasteiger partial charge is 0.304 e. The van der Waals surface area contributed by atoms with Gasteiger partial charge in [0.05, 0.1) is 10.9 Å². The van der Waals surface area contributed by atoms with Crippen molar-refractivity contribution in [3.63, 3.8) is 0 Å². The van der Waals surface area contributed by atoms with Crippen LogP contribution in [0.4, 0.5) is 8.78 Å². The van der Waals surface area contributed by atoms with E-state index in [4.69, 9.17) is 11.6 Å². The zero-order chi connectivity index (χ0) is 27.7. The fourth-order valence-electron chi connectivity index (χ4n) is 5.46. The van der Waals surface area contributed by atoms with Crippen LogP contribution >= 0.6 is 11.6 Å². The third-order valence-corrected chi connectivity index (χ3v) is 8.97. The fraction of sp³-hybridized carbons (Fsp3) is 0.333. The average Bonchev–Trinajstić information content (AvgIpc) is 2.84. The SMILES string of the molecule is CN1CCN(Cc2ccc([C@H](c3ccc(Cl)cc3)N3CC(=C(c4cc(F)cc(F)c4)S(C)(=O)=O)C3)cc2)CC1. The van der Waals surface area contributed by atoms with Gasteiger partial charge in [-0.2, -0.15) is 0 Å². The first-order valence-corrected chi connectivity index (χ1v) is 15.2. The Morgan fingerprint density at radius 2 is 1.41 bits per heavy atom. The molecule has 0 spiro atoms. The number of nitrogens with zero attached hydrogens (tertiary/aromatic N) is 3. The van der Waals surface area contributed by atoms with E-state index < -0.39 is 21.5 Å². The fourth-order valence-corrected chi connectivity index (χ4v) is 6.79. The molecule has 2 aliphatic rings. The van der Waals surface area contributed by atoms with Crippen molar-refractivity contribution in [1.29, 1.82) is 0 Å². The molecule has 2 heterocycles. The Morgan fingerprint density at radius 1 is 0.872 bits per heavy atom. The van der Waals surface area contributed by atoms with E-state index in [2.05, 4.69) is 46.0 Å². The zero-order valence-corrected chi connectivity index (χ0v) is 23.7. The molecule has 0 unspecified atom stereocenters. The second-order valence-corrected chi connectivity index (χ2v) is 12.9. The Labute approximate surface area is 234 Å².